The smallest absolute Gasteiger partial charge is 0.307 e. The van der Waals surface area contributed by atoms with Gasteiger partial charge in [0.2, 0.25) is 0 Å². The number of hydrogen-bond acceptors (Lipinski definition) is 4. The molecule has 1 amide bonds. The first-order chi connectivity index (χ1) is 14.5. The maximum atomic E-state index is 13.5. The van der Waals surface area contributed by atoms with E-state index in [1.807, 2.05) is 30.3 Å². The summed E-state index contributed by atoms with van der Waals surface area (Å²) in [4.78, 5) is 26.2. The van der Waals surface area contributed by atoms with Crippen molar-refractivity contribution in [2.75, 3.05) is 19.1 Å². The summed E-state index contributed by atoms with van der Waals surface area (Å²) in [7, 11) is 3.05. The topological polar surface area (TPSA) is 76.1 Å². The molecule has 3 aromatic carbocycles. The van der Waals surface area contributed by atoms with E-state index in [0.717, 1.165) is 5.56 Å². The number of hydrogen-bond donors (Lipinski definition) is 1. The average Bonchev–Trinajstić information content (AvgIpc) is 2.77. The third kappa shape index (κ3) is 4.97. The molecule has 0 aliphatic heterocycles. The second-order valence-corrected chi connectivity index (χ2v) is 6.69. The Morgan fingerprint density at radius 3 is 2.20 bits per heavy atom. The summed E-state index contributed by atoms with van der Waals surface area (Å²) in [5.41, 5.74) is 2.64. The van der Waals surface area contributed by atoms with Gasteiger partial charge in [0.05, 0.1) is 27.2 Å². The number of methoxy groups -OCH3 is 2. The molecular weight excluding hydrogens is 382 g/mol. The maximum absolute atomic E-state index is 13.5. The minimum absolute atomic E-state index is 0.114. The third-order valence-corrected chi connectivity index (χ3v) is 4.64. The molecule has 0 spiro atoms. The number of carboxylic acids is 1. The van der Waals surface area contributed by atoms with E-state index in [-0.39, 0.29) is 12.3 Å². The number of aliphatic carboxylic acids is 1. The minimum Gasteiger partial charge on any atom is -0.493 e. The molecule has 154 valence electrons. The van der Waals surface area contributed by atoms with Gasteiger partial charge in [0.15, 0.2) is 11.5 Å². The van der Waals surface area contributed by atoms with Gasteiger partial charge in [-0.15, -0.1) is 0 Å². The molecule has 6 heteroatoms. The van der Waals surface area contributed by atoms with Crippen molar-refractivity contribution in [3.8, 4) is 11.5 Å². The second-order valence-electron chi connectivity index (χ2n) is 6.69. The minimum atomic E-state index is -0.923. The van der Waals surface area contributed by atoms with Crippen molar-refractivity contribution in [2.45, 2.75) is 13.0 Å². The fourth-order valence-electron chi connectivity index (χ4n) is 3.18. The van der Waals surface area contributed by atoms with Gasteiger partial charge in [0.25, 0.3) is 5.91 Å². The maximum Gasteiger partial charge on any atom is 0.307 e. The van der Waals surface area contributed by atoms with Crippen LogP contribution in [0.2, 0.25) is 0 Å². The number of anilines is 1. The van der Waals surface area contributed by atoms with Crippen LogP contribution < -0.4 is 14.4 Å². The lowest BCUT2D eigenvalue weighted by Crippen LogP contribution is -2.30. The standard InChI is InChI=1S/C24H23NO5/c1-29-21-12-11-19(15-22(21)30-2)24(28)25(16-17-7-4-3-5-8-17)20-10-6-9-18(13-20)14-23(26)27/h3-13,15H,14,16H2,1-2H3,(H,26,27). The molecule has 3 rings (SSSR count). The predicted molar refractivity (Wildman–Crippen MR) is 114 cm³/mol. The monoisotopic (exact) mass is 405 g/mol. The normalized spacial score (nSPS) is 10.3. The molecule has 1 N–H and O–H groups in total. The quantitative estimate of drug-likeness (QED) is 0.609. The molecule has 0 radical (unpaired) electrons. The van der Waals surface area contributed by atoms with Crippen molar-refractivity contribution in [1.82, 2.24) is 0 Å². The molecule has 0 atom stereocenters. The molecule has 0 fully saturated rings. The lowest BCUT2D eigenvalue weighted by atomic mass is 10.1. The van der Waals surface area contributed by atoms with E-state index in [2.05, 4.69) is 0 Å². The van der Waals surface area contributed by atoms with Crippen LogP contribution in [0.4, 0.5) is 5.69 Å². The highest BCUT2D eigenvalue weighted by molar-refractivity contribution is 6.06. The van der Waals surface area contributed by atoms with Crippen molar-refractivity contribution < 1.29 is 24.2 Å². The van der Waals surface area contributed by atoms with E-state index < -0.39 is 5.97 Å². The van der Waals surface area contributed by atoms with Crippen molar-refractivity contribution in [3.63, 3.8) is 0 Å². The van der Waals surface area contributed by atoms with Crippen LogP contribution in [-0.4, -0.2) is 31.2 Å². The Balaban J connectivity index is 2.01. The average molecular weight is 405 g/mol. The van der Waals surface area contributed by atoms with Crippen molar-refractivity contribution in [3.05, 3.63) is 89.5 Å². The number of rotatable bonds is 8. The zero-order chi connectivity index (χ0) is 21.5. The first-order valence-corrected chi connectivity index (χ1v) is 9.40. The number of nitrogens with zero attached hydrogens (tertiary/aromatic N) is 1. The number of amides is 1. The number of carbonyl (C=O) groups is 2. The Hall–Kier alpha value is -3.80. The Kier molecular flexibility index (Phi) is 6.70. The van der Waals surface area contributed by atoms with Crippen LogP contribution in [0.5, 0.6) is 11.5 Å². The van der Waals surface area contributed by atoms with Crippen molar-refractivity contribution in [1.29, 1.82) is 0 Å². The van der Waals surface area contributed by atoms with Crippen LogP contribution in [-0.2, 0) is 17.8 Å². The first kappa shape index (κ1) is 20.9. The Labute approximate surface area is 175 Å². The van der Waals surface area contributed by atoms with Crippen molar-refractivity contribution >= 4 is 17.6 Å². The molecule has 0 bridgehead atoms. The van der Waals surface area contributed by atoms with Gasteiger partial charge < -0.3 is 19.5 Å². The van der Waals surface area contributed by atoms with E-state index in [0.29, 0.717) is 34.9 Å². The summed E-state index contributed by atoms with van der Waals surface area (Å²) in [6, 6.07) is 21.7. The molecule has 0 aliphatic rings. The van der Waals surface area contributed by atoms with E-state index in [1.54, 1.807) is 47.4 Å². The van der Waals surface area contributed by atoms with Gasteiger partial charge in [0.1, 0.15) is 0 Å². The first-order valence-electron chi connectivity index (χ1n) is 9.40. The Bertz CT molecular complexity index is 1030. The van der Waals surface area contributed by atoms with Crippen LogP contribution in [0.15, 0.2) is 72.8 Å². The van der Waals surface area contributed by atoms with Crippen LogP contribution in [0, 0.1) is 0 Å². The fourth-order valence-corrected chi connectivity index (χ4v) is 3.18. The van der Waals surface area contributed by atoms with Gasteiger partial charge >= 0.3 is 5.97 Å². The summed E-state index contributed by atoms with van der Waals surface area (Å²) < 4.78 is 10.6. The van der Waals surface area contributed by atoms with Gasteiger partial charge in [-0.3, -0.25) is 9.59 Å². The number of carbonyl (C=O) groups excluding carboxylic acids is 1. The van der Waals surface area contributed by atoms with Gasteiger partial charge in [0, 0.05) is 11.3 Å². The Morgan fingerprint density at radius 1 is 0.833 bits per heavy atom. The number of ether oxygens (including phenoxy) is 2. The third-order valence-electron chi connectivity index (χ3n) is 4.64. The predicted octanol–water partition coefficient (Wildman–Crippen LogP) is 4.18. The molecule has 6 nitrogen and oxygen atoms in total. The zero-order valence-electron chi connectivity index (χ0n) is 16.9. The van der Waals surface area contributed by atoms with Crippen LogP contribution in [0.1, 0.15) is 21.5 Å². The highest BCUT2D eigenvalue weighted by atomic mass is 16.5. The summed E-state index contributed by atoms with van der Waals surface area (Å²) >= 11 is 0. The molecule has 0 heterocycles. The highest BCUT2D eigenvalue weighted by Gasteiger charge is 2.20. The molecule has 0 aliphatic carbocycles. The van der Waals surface area contributed by atoms with Crippen LogP contribution in [0.3, 0.4) is 0 Å². The lowest BCUT2D eigenvalue weighted by Gasteiger charge is -2.24. The summed E-state index contributed by atoms with van der Waals surface area (Å²) in [5, 5.41) is 9.12. The van der Waals surface area contributed by atoms with Crippen LogP contribution >= 0.6 is 0 Å². The Morgan fingerprint density at radius 2 is 1.53 bits per heavy atom. The largest absolute Gasteiger partial charge is 0.493 e. The van der Waals surface area contributed by atoms with Gasteiger partial charge in [-0.1, -0.05) is 42.5 Å². The van der Waals surface area contributed by atoms with E-state index in [4.69, 9.17) is 14.6 Å². The molecule has 0 aromatic heterocycles. The molecule has 0 saturated carbocycles. The van der Waals surface area contributed by atoms with Crippen LogP contribution in [0.25, 0.3) is 0 Å². The fraction of sp³-hybridized carbons (Fsp3) is 0.167. The molecule has 30 heavy (non-hydrogen) atoms. The number of carboxylic acid groups (broad SMARTS) is 1. The van der Waals surface area contributed by atoms with Gasteiger partial charge in [-0.05, 0) is 41.5 Å². The van der Waals surface area contributed by atoms with E-state index >= 15 is 0 Å². The molecular formula is C24H23NO5. The zero-order valence-corrected chi connectivity index (χ0v) is 16.9. The van der Waals surface area contributed by atoms with Crippen molar-refractivity contribution in [2.24, 2.45) is 0 Å². The van der Waals surface area contributed by atoms with E-state index in [9.17, 15) is 9.59 Å². The molecule has 0 unspecified atom stereocenters. The summed E-state index contributed by atoms with van der Waals surface area (Å²) in [6.07, 6.45) is -0.114. The molecule has 0 saturated heterocycles. The molecule has 3 aromatic rings. The summed E-state index contributed by atoms with van der Waals surface area (Å²) in [5.74, 6) is -0.157. The number of benzene rings is 3. The summed E-state index contributed by atoms with van der Waals surface area (Å²) in [6.45, 7) is 0.338. The lowest BCUT2D eigenvalue weighted by molar-refractivity contribution is -0.136. The second kappa shape index (κ2) is 9.60. The SMILES string of the molecule is COc1ccc(C(=O)N(Cc2ccccc2)c2cccc(CC(=O)O)c2)cc1OC. The van der Waals surface area contributed by atoms with Gasteiger partial charge in [-0.2, -0.15) is 0 Å². The highest BCUT2D eigenvalue weighted by Crippen LogP contribution is 2.29. The van der Waals surface area contributed by atoms with E-state index in [1.165, 1.54) is 14.2 Å². The van der Waals surface area contributed by atoms with Gasteiger partial charge in [-0.25, -0.2) is 0 Å².